The predicted octanol–water partition coefficient (Wildman–Crippen LogP) is 4.41. The van der Waals surface area contributed by atoms with Crippen molar-refractivity contribution in [3.05, 3.63) is 64.1 Å². The average Bonchev–Trinajstić information content (AvgIpc) is 3.32. The van der Waals surface area contributed by atoms with E-state index in [1.165, 1.54) is 24.1 Å². The first kappa shape index (κ1) is 23.0. The summed E-state index contributed by atoms with van der Waals surface area (Å²) in [6, 6.07) is 3.36. The summed E-state index contributed by atoms with van der Waals surface area (Å²) < 4.78 is 69.4. The molecule has 2 bridgehead atoms. The molecule has 34 heavy (non-hydrogen) atoms. The summed E-state index contributed by atoms with van der Waals surface area (Å²) in [5.41, 5.74) is 0.491. The zero-order valence-electron chi connectivity index (χ0n) is 18.7. The van der Waals surface area contributed by atoms with Crippen molar-refractivity contribution in [2.45, 2.75) is 63.5 Å². The predicted molar refractivity (Wildman–Crippen MR) is 112 cm³/mol. The fraction of sp³-hybridized carbons (Fsp3) is 0.478. The van der Waals surface area contributed by atoms with Gasteiger partial charge in [0.15, 0.2) is 5.69 Å². The second-order valence-electron chi connectivity index (χ2n) is 8.99. The molecule has 0 radical (unpaired) electrons. The van der Waals surface area contributed by atoms with Crippen molar-refractivity contribution in [3.63, 3.8) is 0 Å². The largest absolute Gasteiger partial charge is 0.433 e. The van der Waals surface area contributed by atoms with Gasteiger partial charge in [0.05, 0.1) is 11.7 Å². The van der Waals surface area contributed by atoms with Gasteiger partial charge in [-0.15, -0.1) is 0 Å². The molecule has 4 heterocycles. The van der Waals surface area contributed by atoms with Crippen molar-refractivity contribution in [1.29, 1.82) is 0 Å². The van der Waals surface area contributed by atoms with Crippen LogP contribution in [0.2, 0.25) is 0 Å². The van der Waals surface area contributed by atoms with Crippen molar-refractivity contribution in [1.82, 2.24) is 25.1 Å². The molecule has 0 aliphatic carbocycles. The minimum atomic E-state index is -4.66. The number of alkyl halides is 3. The molecule has 1 saturated heterocycles. The third-order valence-corrected chi connectivity index (χ3v) is 6.84. The Morgan fingerprint density at radius 3 is 2.47 bits per heavy atom. The number of aromatic nitrogens is 2. The fourth-order valence-corrected chi connectivity index (χ4v) is 5.54. The van der Waals surface area contributed by atoms with Gasteiger partial charge in [0.1, 0.15) is 17.3 Å². The monoisotopic (exact) mass is 481 g/mol. The van der Waals surface area contributed by atoms with E-state index in [0.717, 1.165) is 41.7 Å². The van der Waals surface area contributed by atoms with Gasteiger partial charge in [0, 0.05) is 37.8 Å². The minimum Gasteiger partial charge on any atom is -0.306 e. The van der Waals surface area contributed by atoms with E-state index >= 15 is 0 Å². The SMILES string of the molecule is CCn1nc(C(=O)N2C3=C(C[C@H]4CCC[C@@H]3N4)C(c3cc(F)cc(F)c3)N2C)cc1C(F)(F)F. The molecular formula is C23H24F5N5O. The Hall–Kier alpha value is -2.79. The molecule has 0 spiro atoms. The lowest BCUT2D eigenvalue weighted by molar-refractivity contribution is -0.144. The number of likely N-dealkylation sites (N-methyl/N-ethyl adjacent to an activating group) is 1. The number of halogens is 5. The molecule has 6 nitrogen and oxygen atoms in total. The van der Waals surface area contributed by atoms with Gasteiger partial charge >= 0.3 is 6.18 Å². The van der Waals surface area contributed by atoms with Crippen molar-refractivity contribution in [2.24, 2.45) is 0 Å². The van der Waals surface area contributed by atoms with Crippen LogP contribution in [0.15, 0.2) is 35.5 Å². The van der Waals surface area contributed by atoms with Crippen LogP contribution in [-0.4, -0.2) is 44.8 Å². The molecule has 3 aliphatic rings. The number of carbonyl (C=O) groups is 1. The molecule has 3 aliphatic heterocycles. The van der Waals surface area contributed by atoms with E-state index in [1.807, 2.05) is 0 Å². The Morgan fingerprint density at radius 1 is 1.15 bits per heavy atom. The molecule has 0 saturated carbocycles. The standard InChI is InChI=1S/C23H24F5N5O/c1-3-32-19(23(26,27)28)11-18(30-32)22(34)33-21-16(10-15-5-4-6-17(21)29-15)20(31(33)2)12-7-13(24)9-14(25)8-12/h7-9,11,15,17,20,29H,3-6,10H2,1-2H3/t15-,17+,20?/m1/s1. The zero-order valence-corrected chi connectivity index (χ0v) is 18.7. The Kier molecular flexibility index (Phi) is 5.51. The summed E-state index contributed by atoms with van der Waals surface area (Å²) in [7, 11) is 1.61. The molecule has 1 aromatic heterocycles. The van der Waals surface area contributed by atoms with Crippen LogP contribution in [0, 0.1) is 11.6 Å². The average molecular weight is 481 g/mol. The first-order chi connectivity index (χ1) is 16.1. The number of rotatable bonds is 3. The molecule has 1 N–H and O–H groups in total. The lowest BCUT2D eigenvalue weighted by Crippen LogP contribution is -2.51. The summed E-state index contributed by atoms with van der Waals surface area (Å²) in [5, 5.41) is 10.3. The number of nitrogens with zero attached hydrogens (tertiary/aromatic N) is 4. The highest BCUT2D eigenvalue weighted by Crippen LogP contribution is 2.47. The number of fused-ring (bicyclic) bond motifs is 3. The highest BCUT2D eigenvalue weighted by Gasteiger charge is 2.48. The van der Waals surface area contributed by atoms with Crippen molar-refractivity contribution >= 4 is 5.91 Å². The lowest BCUT2D eigenvalue weighted by Gasteiger charge is -2.39. The van der Waals surface area contributed by atoms with Gasteiger partial charge in [-0.3, -0.25) is 9.48 Å². The van der Waals surface area contributed by atoms with Crippen LogP contribution in [0.5, 0.6) is 0 Å². The smallest absolute Gasteiger partial charge is 0.306 e. The molecular weight excluding hydrogens is 457 g/mol. The first-order valence-electron chi connectivity index (χ1n) is 11.3. The van der Waals surface area contributed by atoms with Crippen LogP contribution >= 0.6 is 0 Å². The summed E-state index contributed by atoms with van der Waals surface area (Å²) in [6.45, 7) is 1.46. The first-order valence-corrected chi connectivity index (χ1v) is 11.3. The third-order valence-electron chi connectivity index (χ3n) is 6.84. The van der Waals surface area contributed by atoms with E-state index in [2.05, 4.69) is 10.4 Å². The van der Waals surface area contributed by atoms with Gasteiger partial charge in [-0.05, 0) is 55.9 Å². The maximum Gasteiger partial charge on any atom is 0.433 e. The molecule has 1 aromatic carbocycles. The zero-order chi connectivity index (χ0) is 24.4. The summed E-state index contributed by atoms with van der Waals surface area (Å²) >= 11 is 0. The number of hydrogen-bond acceptors (Lipinski definition) is 4. The van der Waals surface area contributed by atoms with Crippen LogP contribution in [0.4, 0.5) is 22.0 Å². The van der Waals surface area contributed by atoms with Crippen LogP contribution in [-0.2, 0) is 12.7 Å². The normalized spacial score (nSPS) is 25.1. The van der Waals surface area contributed by atoms with Gasteiger partial charge < -0.3 is 5.32 Å². The van der Waals surface area contributed by atoms with Crippen molar-refractivity contribution in [2.75, 3.05) is 7.05 Å². The van der Waals surface area contributed by atoms with Gasteiger partial charge in [0.2, 0.25) is 0 Å². The molecule has 1 fully saturated rings. The molecule has 2 aromatic rings. The van der Waals surface area contributed by atoms with Crippen LogP contribution in [0.3, 0.4) is 0 Å². The van der Waals surface area contributed by atoms with Gasteiger partial charge in [-0.1, -0.05) is 0 Å². The van der Waals surface area contributed by atoms with E-state index < -0.39 is 35.5 Å². The summed E-state index contributed by atoms with van der Waals surface area (Å²) in [4.78, 5) is 13.6. The Bertz CT molecular complexity index is 1150. The molecule has 1 amide bonds. The third kappa shape index (κ3) is 3.70. The van der Waals surface area contributed by atoms with Crippen LogP contribution < -0.4 is 5.32 Å². The molecule has 5 rings (SSSR count). The molecule has 182 valence electrons. The fourth-order valence-electron chi connectivity index (χ4n) is 5.54. The number of benzene rings is 1. The number of hydrazine groups is 1. The number of amides is 1. The highest BCUT2D eigenvalue weighted by atomic mass is 19.4. The molecule has 3 atom stereocenters. The number of hydrogen-bond donors (Lipinski definition) is 1. The molecule has 1 unspecified atom stereocenters. The number of nitrogens with one attached hydrogen (secondary N) is 1. The quantitative estimate of drug-likeness (QED) is 0.660. The van der Waals surface area contributed by atoms with Crippen LogP contribution in [0.1, 0.15) is 60.4 Å². The van der Waals surface area contributed by atoms with Crippen molar-refractivity contribution < 1.29 is 26.7 Å². The maximum atomic E-state index is 14.1. The lowest BCUT2D eigenvalue weighted by atomic mass is 9.81. The topological polar surface area (TPSA) is 53.4 Å². The van der Waals surface area contributed by atoms with Gasteiger partial charge in [-0.25, -0.2) is 18.8 Å². The summed E-state index contributed by atoms with van der Waals surface area (Å²) in [5.74, 6) is -2.18. The second-order valence-corrected chi connectivity index (χ2v) is 8.99. The number of aryl methyl sites for hydroxylation is 1. The molecule has 11 heteroatoms. The minimum absolute atomic E-state index is 0.0526. The second kappa shape index (κ2) is 8.16. The number of piperidine rings is 1. The number of carbonyl (C=O) groups excluding carboxylic acids is 1. The van der Waals surface area contributed by atoms with E-state index in [1.54, 1.807) is 12.1 Å². The van der Waals surface area contributed by atoms with E-state index in [-0.39, 0.29) is 24.3 Å². The Labute approximate surface area is 193 Å². The highest BCUT2D eigenvalue weighted by molar-refractivity contribution is 5.94. The maximum absolute atomic E-state index is 14.1. The van der Waals surface area contributed by atoms with Crippen molar-refractivity contribution in [3.8, 4) is 0 Å². The Balaban J connectivity index is 1.61. The van der Waals surface area contributed by atoms with E-state index in [0.29, 0.717) is 17.7 Å². The Morgan fingerprint density at radius 2 is 1.85 bits per heavy atom. The van der Waals surface area contributed by atoms with E-state index in [9.17, 15) is 26.7 Å². The van der Waals surface area contributed by atoms with Gasteiger partial charge in [-0.2, -0.15) is 18.3 Å². The van der Waals surface area contributed by atoms with E-state index in [4.69, 9.17) is 0 Å². The van der Waals surface area contributed by atoms with Gasteiger partial charge in [0.25, 0.3) is 5.91 Å². The van der Waals surface area contributed by atoms with Crippen LogP contribution in [0.25, 0.3) is 0 Å². The summed E-state index contributed by atoms with van der Waals surface area (Å²) in [6.07, 6.45) is -1.47.